The van der Waals surface area contributed by atoms with Crippen molar-refractivity contribution in [2.24, 2.45) is 76.4 Å². The van der Waals surface area contributed by atoms with E-state index in [0.29, 0.717) is 5.41 Å². The van der Waals surface area contributed by atoms with Crippen LogP contribution in [-0.2, 0) is 0 Å². The molecule has 43 heavy (non-hydrogen) atoms. The average Bonchev–Trinajstić information content (AvgIpc) is 3.37. The summed E-state index contributed by atoms with van der Waals surface area (Å²) in [7, 11) is 0. The first kappa shape index (κ1) is 35.6. The molecule has 0 bridgehead atoms. The quantitative estimate of drug-likeness (QED) is 0.279. The molecule has 0 heterocycles. The van der Waals surface area contributed by atoms with Crippen LogP contribution in [-0.4, -0.2) is 0 Å². The number of allylic oxidation sites excluding steroid dienone is 2. The van der Waals surface area contributed by atoms with Crippen LogP contribution < -0.4 is 0 Å². The van der Waals surface area contributed by atoms with E-state index in [9.17, 15) is 0 Å². The Morgan fingerprint density at radius 2 is 1.26 bits per heavy atom. The van der Waals surface area contributed by atoms with Gasteiger partial charge in [0.25, 0.3) is 0 Å². The van der Waals surface area contributed by atoms with Gasteiger partial charge >= 0.3 is 0 Å². The Morgan fingerprint density at radius 1 is 0.628 bits per heavy atom. The van der Waals surface area contributed by atoms with Crippen molar-refractivity contribution < 1.29 is 0 Å². The first-order chi connectivity index (χ1) is 20.5. The second-order valence-corrected chi connectivity index (χ2v) is 18.3. The van der Waals surface area contributed by atoms with Crippen LogP contribution in [0, 0.1) is 76.4 Å². The second-order valence-electron chi connectivity index (χ2n) is 18.3. The normalized spacial score (nSPS) is 44.5. The van der Waals surface area contributed by atoms with Crippen LogP contribution in [0.15, 0.2) is 11.6 Å². The molecule has 3 saturated carbocycles. The zero-order chi connectivity index (χ0) is 31.1. The largest absolute Gasteiger partial charge is 0.0842 e. The van der Waals surface area contributed by atoms with Crippen LogP contribution in [0.2, 0.25) is 0 Å². The first-order valence-corrected chi connectivity index (χ1v) is 20.2. The minimum Gasteiger partial charge on any atom is -0.0842 e. The average molecular weight is 595 g/mol. The topological polar surface area (TPSA) is 0 Å². The maximum Gasteiger partial charge on any atom is -0.0167 e. The third-order valence-corrected chi connectivity index (χ3v) is 14.8. The first-order valence-electron chi connectivity index (χ1n) is 20.2. The molecular formula is C43H78. The van der Waals surface area contributed by atoms with Gasteiger partial charge in [-0.1, -0.05) is 157 Å². The van der Waals surface area contributed by atoms with E-state index in [4.69, 9.17) is 0 Å². The fourth-order valence-electron chi connectivity index (χ4n) is 11.3. The molecule has 0 aromatic carbocycles. The van der Waals surface area contributed by atoms with Crippen LogP contribution in [0.5, 0.6) is 0 Å². The number of hydrogen-bond donors (Lipinski definition) is 0. The van der Waals surface area contributed by atoms with Crippen molar-refractivity contribution in [3.05, 3.63) is 11.6 Å². The molecular weight excluding hydrogens is 516 g/mol. The summed E-state index contributed by atoms with van der Waals surface area (Å²) in [6, 6.07) is 0. The maximum atomic E-state index is 2.75. The number of hydrogen-bond acceptors (Lipinski definition) is 0. The number of fused-ring (bicyclic) bond motifs is 2. The predicted octanol–water partition coefficient (Wildman–Crippen LogP) is 13.9. The maximum absolute atomic E-state index is 2.75. The van der Waals surface area contributed by atoms with Crippen molar-refractivity contribution in [2.75, 3.05) is 0 Å². The molecule has 0 radical (unpaired) electrons. The van der Waals surface area contributed by atoms with Crippen LogP contribution in [0.4, 0.5) is 0 Å². The second kappa shape index (κ2) is 16.5. The Bertz CT molecular complexity index is 825. The van der Waals surface area contributed by atoms with E-state index in [1.807, 2.05) is 5.57 Å². The highest BCUT2D eigenvalue weighted by Crippen LogP contribution is 2.54. The fraction of sp³-hybridized carbons (Fsp3) is 0.953. The van der Waals surface area contributed by atoms with Gasteiger partial charge in [0.2, 0.25) is 0 Å². The lowest BCUT2D eigenvalue weighted by Crippen LogP contribution is -2.38. The van der Waals surface area contributed by atoms with Gasteiger partial charge in [0.1, 0.15) is 0 Å². The summed E-state index contributed by atoms with van der Waals surface area (Å²) in [5.74, 6) is 11.5. The van der Waals surface area contributed by atoms with Crippen LogP contribution >= 0.6 is 0 Å². The molecule has 4 aliphatic rings. The molecule has 250 valence electrons. The highest BCUT2D eigenvalue weighted by Gasteiger charge is 2.47. The third-order valence-electron chi connectivity index (χ3n) is 14.8. The molecule has 0 nitrogen and oxygen atoms in total. The highest BCUT2D eigenvalue weighted by molar-refractivity contribution is 5.23. The standard InChI is InChI=1S/C43H78/c1-10-37-35(7)40-27-29-43(8,9)28-17-16-21-38-32(4)24-26-39(38)31(3)19-12-11-13-20-36(42-33(5)34(42)6)25-23-30(2)18-14-15-22-41(37)40/h27,30-39,41-42H,10-26,28-29H2,1-9H3. The molecule has 3 fully saturated rings. The molecule has 0 spiro atoms. The molecule has 11 atom stereocenters. The van der Waals surface area contributed by atoms with E-state index in [1.54, 1.807) is 0 Å². The molecule has 11 unspecified atom stereocenters. The van der Waals surface area contributed by atoms with Crippen molar-refractivity contribution in [2.45, 2.75) is 184 Å². The van der Waals surface area contributed by atoms with E-state index < -0.39 is 0 Å². The van der Waals surface area contributed by atoms with Gasteiger partial charge in [0, 0.05) is 0 Å². The van der Waals surface area contributed by atoms with Gasteiger partial charge in [-0.05, 0) is 115 Å². The molecule has 0 aromatic heterocycles. The molecule has 0 saturated heterocycles. The minimum absolute atomic E-state index is 0.457. The van der Waals surface area contributed by atoms with E-state index >= 15 is 0 Å². The smallest absolute Gasteiger partial charge is 0.0167 e. The summed E-state index contributed by atoms with van der Waals surface area (Å²) in [6.45, 7) is 23.0. The Morgan fingerprint density at radius 3 is 1.98 bits per heavy atom. The molecule has 4 aliphatic carbocycles. The molecule has 0 aromatic rings. The summed E-state index contributed by atoms with van der Waals surface area (Å²) >= 11 is 0. The van der Waals surface area contributed by atoms with E-state index in [-0.39, 0.29) is 0 Å². The van der Waals surface area contributed by atoms with E-state index in [1.165, 1.54) is 122 Å². The Kier molecular flexibility index (Phi) is 13.7. The minimum atomic E-state index is 0.457. The van der Waals surface area contributed by atoms with Crippen molar-refractivity contribution >= 4 is 0 Å². The van der Waals surface area contributed by atoms with Gasteiger partial charge in [0.05, 0.1) is 0 Å². The van der Waals surface area contributed by atoms with Gasteiger partial charge in [-0.15, -0.1) is 0 Å². The van der Waals surface area contributed by atoms with Crippen LogP contribution in [0.3, 0.4) is 0 Å². The molecule has 0 amide bonds. The SMILES string of the molecule is CCC1C(C)C2=CCC(C)(C)CCCCC3C(C)CCC3C(C)CCCCCC(C3C(C)C3C)CCC(C)CCCCC21. The van der Waals surface area contributed by atoms with Crippen molar-refractivity contribution in [3.63, 3.8) is 0 Å². The van der Waals surface area contributed by atoms with E-state index in [2.05, 4.69) is 68.4 Å². The summed E-state index contributed by atoms with van der Waals surface area (Å²) in [5, 5.41) is 0. The molecule has 0 heteroatoms. The third kappa shape index (κ3) is 9.63. The Hall–Kier alpha value is -0.260. The van der Waals surface area contributed by atoms with Crippen LogP contribution in [0.1, 0.15) is 184 Å². The summed E-state index contributed by atoms with van der Waals surface area (Å²) in [4.78, 5) is 0. The summed E-state index contributed by atoms with van der Waals surface area (Å²) in [6.07, 6.45) is 30.6. The molecule has 0 aliphatic heterocycles. The fourth-order valence-corrected chi connectivity index (χ4v) is 11.3. The molecule has 4 rings (SSSR count). The highest BCUT2D eigenvalue weighted by atomic mass is 14.5. The lowest BCUT2D eigenvalue weighted by molar-refractivity contribution is 0.161. The van der Waals surface area contributed by atoms with Crippen LogP contribution in [0.25, 0.3) is 0 Å². The Labute approximate surface area is 271 Å². The lowest BCUT2D eigenvalue weighted by atomic mass is 9.58. The monoisotopic (exact) mass is 595 g/mol. The van der Waals surface area contributed by atoms with Gasteiger partial charge in [0.15, 0.2) is 0 Å². The Balaban J connectivity index is 1.38. The lowest BCUT2D eigenvalue weighted by Gasteiger charge is -2.47. The zero-order valence-electron chi connectivity index (χ0n) is 30.9. The van der Waals surface area contributed by atoms with Gasteiger partial charge < -0.3 is 0 Å². The molecule has 0 N–H and O–H groups in total. The summed E-state index contributed by atoms with van der Waals surface area (Å²) in [5.41, 5.74) is 2.31. The van der Waals surface area contributed by atoms with E-state index in [0.717, 1.165) is 71.0 Å². The van der Waals surface area contributed by atoms with Crippen molar-refractivity contribution in [1.82, 2.24) is 0 Å². The number of rotatable bonds is 2. The van der Waals surface area contributed by atoms with Crippen molar-refractivity contribution in [1.29, 1.82) is 0 Å². The van der Waals surface area contributed by atoms with Gasteiger partial charge in [-0.25, -0.2) is 0 Å². The van der Waals surface area contributed by atoms with Gasteiger partial charge in [-0.3, -0.25) is 0 Å². The summed E-state index contributed by atoms with van der Waals surface area (Å²) < 4.78 is 0. The van der Waals surface area contributed by atoms with Gasteiger partial charge in [-0.2, -0.15) is 0 Å². The zero-order valence-corrected chi connectivity index (χ0v) is 30.9. The van der Waals surface area contributed by atoms with Crippen molar-refractivity contribution in [3.8, 4) is 0 Å². The predicted molar refractivity (Wildman–Crippen MR) is 191 cm³/mol.